The number of carbonyl (C=O) groups excluding carboxylic acids is 3. The normalized spacial score (nSPS) is 19.5. The number of rotatable bonds is 5. The lowest BCUT2D eigenvalue weighted by atomic mass is 10.1. The van der Waals surface area contributed by atoms with Crippen LogP contribution < -0.4 is 5.73 Å². The molecule has 2 aliphatic rings. The third-order valence-corrected chi connectivity index (χ3v) is 5.08. The van der Waals surface area contributed by atoms with Crippen molar-refractivity contribution in [3.63, 3.8) is 0 Å². The number of primary amides is 1. The lowest BCUT2D eigenvalue weighted by molar-refractivity contribution is -0.539. The van der Waals surface area contributed by atoms with E-state index in [2.05, 4.69) is 10.1 Å². The molecule has 1 fully saturated rings. The molecule has 3 rings (SSSR count). The molecule has 2 aliphatic heterocycles. The number of aryl methyl sites for hydroxylation is 1. The SMILES string of the molecule is COCC[N+]1=C(n2nc(C)c(C)c2C)N=C2C1C(=O)N(CC(N)=O)C(=O)N2C. The predicted molar refractivity (Wildman–Crippen MR) is 99.1 cm³/mol. The van der Waals surface area contributed by atoms with Crippen LogP contribution in [0, 0.1) is 20.8 Å². The Bertz CT molecular complexity index is 930. The van der Waals surface area contributed by atoms with E-state index in [0.717, 1.165) is 21.9 Å². The van der Waals surface area contributed by atoms with Crippen LogP contribution in [0.25, 0.3) is 0 Å². The molecule has 150 valence electrons. The van der Waals surface area contributed by atoms with Crippen LogP contribution in [0.4, 0.5) is 4.79 Å². The van der Waals surface area contributed by atoms with Crippen molar-refractivity contribution in [2.75, 3.05) is 33.9 Å². The maximum absolute atomic E-state index is 13.1. The van der Waals surface area contributed by atoms with Crippen molar-refractivity contribution in [2.24, 2.45) is 10.7 Å². The summed E-state index contributed by atoms with van der Waals surface area (Å²) < 4.78 is 8.58. The highest BCUT2D eigenvalue weighted by Crippen LogP contribution is 2.21. The number of hydrogen-bond acceptors (Lipinski definition) is 6. The molecule has 4 amide bonds. The first kappa shape index (κ1) is 19.7. The average Bonchev–Trinajstić information content (AvgIpc) is 3.14. The van der Waals surface area contributed by atoms with Crippen molar-refractivity contribution >= 4 is 29.6 Å². The smallest absolute Gasteiger partial charge is 0.381 e. The Balaban J connectivity index is 2.14. The van der Waals surface area contributed by atoms with Gasteiger partial charge in [-0.2, -0.15) is 0 Å². The molecule has 0 spiro atoms. The quantitative estimate of drug-likeness (QED) is 0.634. The summed E-state index contributed by atoms with van der Waals surface area (Å²) in [7, 11) is 3.07. The zero-order chi connectivity index (χ0) is 20.7. The molecular weight excluding hydrogens is 366 g/mol. The van der Waals surface area contributed by atoms with Gasteiger partial charge in [0.1, 0.15) is 12.2 Å². The number of nitrogens with two attached hydrogens (primary N) is 1. The van der Waals surface area contributed by atoms with E-state index in [1.54, 1.807) is 16.4 Å². The van der Waals surface area contributed by atoms with Crippen LogP contribution in [0.3, 0.4) is 0 Å². The van der Waals surface area contributed by atoms with Crippen molar-refractivity contribution < 1.29 is 23.7 Å². The van der Waals surface area contributed by atoms with Gasteiger partial charge in [0, 0.05) is 19.7 Å². The number of ether oxygens (including phenoxy) is 1. The summed E-state index contributed by atoms with van der Waals surface area (Å²) in [6.45, 7) is 5.95. The molecule has 1 aromatic heterocycles. The summed E-state index contributed by atoms with van der Waals surface area (Å²) >= 11 is 0. The van der Waals surface area contributed by atoms with Crippen LogP contribution in [0.5, 0.6) is 0 Å². The number of amides is 4. The minimum atomic E-state index is -0.864. The Kier molecular flexibility index (Phi) is 5.02. The van der Waals surface area contributed by atoms with Gasteiger partial charge in [0.15, 0.2) is 0 Å². The van der Waals surface area contributed by atoms with Gasteiger partial charge in [-0.05, 0) is 20.8 Å². The Morgan fingerprint density at radius 1 is 1.29 bits per heavy atom. The minimum absolute atomic E-state index is 0.284. The number of amidine groups is 1. The molecule has 0 aromatic carbocycles. The fraction of sp³-hybridized carbons (Fsp3) is 0.529. The first-order chi connectivity index (χ1) is 13.2. The first-order valence-electron chi connectivity index (χ1n) is 8.80. The highest BCUT2D eigenvalue weighted by Gasteiger charge is 2.53. The fourth-order valence-corrected chi connectivity index (χ4v) is 3.31. The Morgan fingerprint density at radius 2 is 1.96 bits per heavy atom. The van der Waals surface area contributed by atoms with E-state index in [0.29, 0.717) is 19.1 Å². The molecule has 11 nitrogen and oxygen atoms in total. The van der Waals surface area contributed by atoms with E-state index in [1.165, 1.54) is 11.9 Å². The lowest BCUT2D eigenvalue weighted by Crippen LogP contribution is -2.64. The number of fused-ring (bicyclic) bond motifs is 1. The molecule has 1 unspecified atom stereocenters. The third-order valence-electron chi connectivity index (χ3n) is 5.08. The molecule has 1 aromatic rings. The highest BCUT2D eigenvalue weighted by molar-refractivity contribution is 6.23. The highest BCUT2D eigenvalue weighted by atomic mass is 16.5. The molecule has 11 heteroatoms. The van der Waals surface area contributed by atoms with Crippen LogP contribution in [-0.4, -0.2) is 93.7 Å². The number of aromatic nitrogens is 2. The molecule has 0 bridgehead atoms. The van der Waals surface area contributed by atoms with Crippen molar-refractivity contribution in [3.05, 3.63) is 17.0 Å². The van der Waals surface area contributed by atoms with Crippen LogP contribution in [0.1, 0.15) is 17.0 Å². The maximum Gasteiger partial charge on any atom is 0.421 e. The Hall–Kier alpha value is -3.08. The average molecular weight is 390 g/mol. The van der Waals surface area contributed by atoms with Crippen LogP contribution in [0.15, 0.2) is 4.99 Å². The van der Waals surface area contributed by atoms with Crippen LogP contribution in [0.2, 0.25) is 0 Å². The van der Waals surface area contributed by atoms with E-state index in [-0.39, 0.29) is 5.84 Å². The topological polar surface area (TPSA) is 126 Å². The standard InChI is InChI=1S/C17H23N7O4/c1-9-10(2)20-24(11(9)3)16-19-14-13(22(16)6-7-28-5)15(26)23(8-12(18)25)17(27)21(14)4/h13H,6-8H2,1-5H3,(H-,18,25)/p+1. The second kappa shape index (κ2) is 7.15. The van der Waals surface area contributed by atoms with Crippen LogP contribution in [-0.2, 0) is 14.3 Å². The van der Waals surface area contributed by atoms with Gasteiger partial charge >= 0.3 is 12.0 Å². The van der Waals surface area contributed by atoms with Gasteiger partial charge in [-0.1, -0.05) is 4.99 Å². The fourth-order valence-electron chi connectivity index (χ4n) is 3.31. The molecule has 28 heavy (non-hydrogen) atoms. The second-order valence-corrected chi connectivity index (χ2v) is 6.80. The molecule has 0 saturated carbocycles. The second-order valence-electron chi connectivity index (χ2n) is 6.80. The zero-order valence-corrected chi connectivity index (χ0v) is 16.6. The minimum Gasteiger partial charge on any atom is -0.381 e. The van der Waals surface area contributed by atoms with E-state index >= 15 is 0 Å². The predicted octanol–water partition coefficient (Wildman–Crippen LogP) is -1.17. The van der Waals surface area contributed by atoms with Gasteiger partial charge in [-0.25, -0.2) is 9.37 Å². The Labute approximate surface area is 162 Å². The summed E-state index contributed by atoms with van der Waals surface area (Å²) in [5, 5.41) is 4.53. The van der Waals surface area contributed by atoms with Crippen molar-refractivity contribution in [1.82, 2.24) is 19.6 Å². The van der Waals surface area contributed by atoms with Gasteiger partial charge in [0.2, 0.25) is 17.8 Å². The molecule has 2 N–H and O–H groups in total. The van der Waals surface area contributed by atoms with E-state index < -0.39 is 30.4 Å². The summed E-state index contributed by atoms with van der Waals surface area (Å²) in [5.74, 6) is -0.605. The van der Waals surface area contributed by atoms with Gasteiger partial charge in [-0.15, -0.1) is 9.78 Å². The number of likely N-dealkylation sites (N-methyl/N-ethyl adjacent to an activating group) is 1. The summed E-state index contributed by atoms with van der Waals surface area (Å²) in [4.78, 5) is 43.7. The van der Waals surface area contributed by atoms with Crippen LogP contribution >= 0.6 is 0 Å². The third kappa shape index (κ3) is 2.97. The number of imide groups is 1. The Morgan fingerprint density at radius 3 is 2.50 bits per heavy atom. The van der Waals surface area contributed by atoms with Gasteiger partial charge in [-0.3, -0.25) is 19.4 Å². The molecule has 0 aliphatic carbocycles. The molecule has 3 heterocycles. The van der Waals surface area contributed by atoms with Gasteiger partial charge in [0.25, 0.3) is 5.91 Å². The zero-order valence-electron chi connectivity index (χ0n) is 16.6. The summed E-state index contributed by atoms with van der Waals surface area (Å²) in [6, 6.07) is -1.51. The van der Waals surface area contributed by atoms with Gasteiger partial charge < -0.3 is 10.5 Å². The largest absolute Gasteiger partial charge is 0.421 e. The van der Waals surface area contributed by atoms with Crippen molar-refractivity contribution in [2.45, 2.75) is 26.8 Å². The number of urea groups is 1. The number of nitrogens with zero attached hydrogens (tertiary/aromatic N) is 6. The number of carbonyl (C=O) groups is 3. The maximum atomic E-state index is 13.1. The molecule has 1 atom stereocenters. The van der Waals surface area contributed by atoms with Crippen molar-refractivity contribution in [3.8, 4) is 0 Å². The lowest BCUT2D eigenvalue weighted by Gasteiger charge is -2.33. The first-order valence-corrected chi connectivity index (χ1v) is 8.80. The van der Waals surface area contributed by atoms with Crippen molar-refractivity contribution in [1.29, 1.82) is 0 Å². The van der Waals surface area contributed by atoms with E-state index in [1.807, 2.05) is 20.8 Å². The summed E-state index contributed by atoms with van der Waals surface area (Å²) in [5.41, 5.74) is 7.96. The van der Waals surface area contributed by atoms with E-state index in [9.17, 15) is 14.4 Å². The number of aliphatic imine (C=N–C) groups is 1. The van der Waals surface area contributed by atoms with E-state index in [4.69, 9.17) is 10.5 Å². The molecular formula is C17H24N7O4+. The summed E-state index contributed by atoms with van der Waals surface area (Å²) in [6.07, 6.45) is 0. The monoisotopic (exact) mass is 390 g/mol. The molecule has 1 saturated heterocycles. The number of hydrogen-bond donors (Lipinski definition) is 1. The molecule has 0 radical (unpaired) electrons. The number of methoxy groups -OCH3 is 1. The van der Waals surface area contributed by atoms with Gasteiger partial charge in [0.05, 0.1) is 18.8 Å².